The van der Waals surface area contributed by atoms with Crippen LogP contribution in [0.25, 0.3) is 11.1 Å². The second-order valence-electron chi connectivity index (χ2n) is 5.10. The number of benzene rings is 2. The Morgan fingerprint density at radius 3 is 1.83 bits per heavy atom. The summed E-state index contributed by atoms with van der Waals surface area (Å²) in [4.78, 5) is 0. The minimum atomic E-state index is 0.389. The van der Waals surface area contributed by atoms with Crippen LogP contribution in [0.5, 0.6) is 5.75 Å². The minimum Gasteiger partial charge on any atom is -0.508 e. The molecule has 0 aliphatic rings. The van der Waals surface area contributed by atoms with Crippen molar-refractivity contribution < 1.29 is 5.11 Å². The molecule has 0 aromatic heterocycles. The molecule has 0 amide bonds. The van der Waals surface area contributed by atoms with E-state index in [2.05, 4.69) is 45.9 Å². The molecule has 0 aliphatic heterocycles. The quantitative estimate of drug-likeness (QED) is 0.772. The maximum atomic E-state index is 9.89. The lowest BCUT2D eigenvalue weighted by molar-refractivity contribution is 0.470. The molecule has 0 spiro atoms. The molecule has 1 nitrogen and oxygen atoms in total. The zero-order valence-corrected chi connectivity index (χ0v) is 11.8. The summed E-state index contributed by atoms with van der Waals surface area (Å²) in [6, 6.07) is 8.24. The topological polar surface area (TPSA) is 20.2 Å². The average molecular weight is 240 g/mol. The molecule has 0 unspecified atom stereocenters. The molecule has 0 atom stereocenters. The van der Waals surface area contributed by atoms with E-state index in [9.17, 15) is 5.11 Å². The molecule has 18 heavy (non-hydrogen) atoms. The van der Waals surface area contributed by atoms with Gasteiger partial charge in [-0.15, -0.1) is 0 Å². The van der Waals surface area contributed by atoms with Crippen molar-refractivity contribution in [1.29, 1.82) is 0 Å². The highest BCUT2D eigenvalue weighted by Crippen LogP contribution is 2.37. The van der Waals surface area contributed by atoms with Crippen molar-refractivity contribution in [2.24, 2.45) is 0 Å². The van der Waals surface area contributed by atoms with Crippen LogP contribution < -0.4 is 0 Å². The Hall–Kier alpha value is -1.76. The highest BCUT2D eigenvalue weighted by Gasteiger charge is 2.14. The summed E-state index contributed by atoms with van der Waals surface area (Å²) >= 11 is 0. The third kappa shape index (κ3) is 1.90. The number of aryl methyl sites for hydroxylation is 3. The molecule has 0 saturated heterocycles. The van der Waals surface area contributed by atoms with E-state index >= 15 is 0 Å². The molecular formula is C17H20O. The maximum Gasteiger partial charge on any atom is 0.119 e. The number of rotatable bonds is 1. The van der Waals surface area contributed by atoms with E-state index in [-0.39, 0.29) is 0 Å². The number of phenolic OH excluding ortho intramolecular Hbond substituents is 1. The first-order chi connectivity index (χ1) is 8.43. The van der Waals surface area contributed by atoms with Gasteiger partial charge in [-0.05, 0) is 79.6 Å². The Morgan fingerprint density at radius 2 is 1.28 bits per heavy atom. The van der Waals surface area contributed by atoms with Crippen LogP contribution >= 0.6 is 0 Å². The Labute approximate surface area is 109 Å². The average Bonchev–Trinajstić information content (AvgIpc) is 2.30. The van der Waals surface area contributed by atoms with Gasteiger partial charge in [0.05, 0.1) is 0 Å². The van der Waals surface area contributed by atoms with Crippen LogP contribution in [0.4, 0.5) is 0 Å². The molecule has 0 fully saturated rings. The van der Waals surface area contributed by atoms with Gasteiger partial charge in [0.15, 0.2) is 0 Å². The van der Waals surface area contributed by atoms with Crippen molar-refractivity contribution in [3.05, 3.63) is 52.1 Å². The van der Waals surface area contributed by atoms with Gasteiger partial charge in [-0.1, -0.05) is 18.2 Å². The van der Waals surface area contributed by atoms with E-state index in [0.29, 0.717) is 5.75 Å². The van der Waals surface area contributed by atoms with Crippen LogP contribution in [0.2, 0.25) is 0 Å². The zero-order valence-electron chi connectivity index (χ0n) is 11.8. The third-order valence-corrected chi connectivity index (χ3v) is 3.80. The highest BCUT2D eigenvalue weighted by molar-refractivity contribution is 5.78. The minimum absolute atomic E-state index is 0.389. The van der Waals surface area contributed by atoms with Gasteiger partial charge in [0.25, 0.3) is 0 Å². The summed E-state index contributed by atoms with van der Waals surface area (Å²) in [7, 11) is 0. The van der Waals surface area contributed by atoms with Crippen molar-refractivity contribution in [1.82, 2.24) is 0 Å². The van der Waals surface area contributed by atoms with Gasteiger partial charge in [0.2, 0.25) is 0 Å². The Balaban J connectivity index is 2.84. The number of hydrogen-bond acceptors (Lipinski definition) is 1. The fourth-order valence-electron chi connectivity index (χ4n) is 2.65. The summed E-state index contributed by atoms with van der Waals surface area (Å²) in [5.41, 5.74) is 8.41. The highest BCUT2D eigenvalue weighted by atomic mass is 16.3. The molecule has 2 rings (SSSR count). The monoisotopic (exact) mass is 240 g/mol. The van der Waals surface area contributed by atoms with E-state index < -0.39 is 0 Å². The van der Waals surface area contributed by atoms with Gasteiger partial charge in [0.1, 0.15) is 5.75 Å². The number of aromatic hydroxyl groups is 1. The molecule has 1 N–H and O–H groups in total. The Bertz CT molecular complexity index is 589. The first-order valence-corrected chi connectivity index (χ1v) is 6.29. The van der Waals surface area contributed by atoms with Gasteiger partial charge in [-0.25, -0.2) is 0 Å². The van der Waals surface area contributed by atoms with E-state index in [4.69, 9.17) is 0 Å². The van der Waals surface area contributed by atoms with Crippen molar-refractivity contribution in [2.45, 2.75) is 34.6 Å². The van der Waals surface area contributed by atoms with Crippen LogP contribution in [-0.4, -0.2) is 5.11 Å². The molecule has 0 saturated carbocycles. The largest absolute Gasteiger partial charge is 0.508 e. The van der Waals surface area contributed by atoms with Gasteiger partial charge < -0.3 is 5.11 Å². The summed E-state index contributed by atoms with van der Waals surface area (Å²) in [6.07, 6.45) is 0. The van der Waals surface area contributed by atoms with Crippen LogP contribution in [0, 0.1) is 34.6 Å². The fourth-order valence-corrected chi connectivity index (χ4v) is 2.65. The van der Waals surface area contributed by atoms with Gasteiger partial charge >= 0.3 is 0 Å². The molecule has 2 aromatic carbocycles. The van der Waals surface area contributed by atoms with Crippen LogP contribution in [-0.2, 0) is 0 Å². The van der Waals surface area contributed by atoms with Gasteiger partial charge in [0, 0.05) is 0 Å². The predicted octanol–water partition coefficient (Wildman–Crippen LogP) is 4.60. The summed E-state index contributed by atoms with van der Waals surface area (Å²) in [5.74, 6) is 0.389. The van der Waals surface area contributed by atoms with Crippen LogP contribution in [0.3, 0.4) is 0 Å². The first-order valence-electron chi connectivity index (χ1n) is 6.29. The first kappa shape index (κ1) is 12.7. The lowest BCUT2D eigenvalue weighted by Crippen LogP contribution is -1.96. The molecule has 0 aliphatic carbocycles. The summed E-state index contributed by atoms with van der Waals surface area (Å²) in [5, 5.41) is 9.89. The number of hydrogen-bond donors (Lipinski definition) is 1. The molecule has 2 aromatic rings. The van der Waals surface area contributed by atoms with Gasteiger partial charge in [-0.3, -0.25) is 0 Å². The molecule has 94 valence electrons. The lowest BCUT2D eigenvalue weighted by atomic mass is 9.87. The normalized spacial score (nSPS) is 10.7. The SMILES string of the molecule is Cc1cccc(C)c1-c1c(C)cc(O)c(C)c1C. The van der Waals surface area contributed by atoms with Crippen LogP contribution in [0.1, 0.15) is 27.8 Å². The zero-order chi connectivity index (χ0) is 13.4. The van der Waals surface area contributed by atoms with Crippen molar-refractivity contribution in [3.63, 3.8) is 0 Å². The second kappa shape index (κ2) is 4.49. The van der Waals surface area contributed by atoms with E-state index in [1.807, 2.05) is 13.0 Å². The fraction of sp³-hybridized carbons (Fsp3) is 0.294. The molecular weight excluding hydrogens is 220 g/mol. The molecule has 0 bridgehead atoms. The molecule has 0 radical (unpaired) electrons. The third-order valence-electron chi connectivity index (χ3n) is 3.80. The van der Waals surface area contributed by atoms with Crippen LogP contribution in [0.15, 0.2) is 24.3 Å². The van der Waals surface area contributed by atoms with E-state index in [1.165, 1.54) is 27.8 Å². The molecule has 1 heteroatoms. The van der Waals surface area contributed by atoms with Gasteiger partial charge in [-0.2, -0.15) is 0 Å². The Morgan fingerprint density at radius 1 is 0.722 bits per heavy atom. The van der Waals surface area contributed by atoms with Crippen molar-refractivity contribution in [3.8, 4) is 16.9 Å². The van der Waals surface area contributed by atoms with Crippen molar-refractivity contribution >= 4 is 0 Å². The number of phenols is 1. The molecule has 0 heterocycles. The Kier molecular flexibility index (Phi) is 3.16. The lowest BCUT2D eigenvalue weighted by Gasteiger charge is -2.18. The van der Waals surface area contributed by atoms with E-state index in [0.717, 1.165) is 11.1 Å². The second-order valence-corrected chi connectivity index (χ2v) is 5.10. The standard InChI is InChI=1S/C17H20O/c1-10-7-6-8-11(2)16(10)17-12(3)9-15(18)13(4)14(17)5/h6-9,18H,1-5H3. The van der Waals surface area contributed by atoms with Crippen molar-refractivity contribution in [2.75, 3.05) is 0 Å². The summed E-state index contributed by atoms with van der Waals surface area (Å²) < 4.78 is 0. The van der Waals surface area contributed by atoms with E-state index in [1.54, 1.807) is 0 Å². The smallest absolute Gasteiger partial charge is 0.119 e. The maximum absolute atomic E-state index is 9.89. The predicted molar refractivity (Wildman–Crippen MR) is 77.2 cm³/mol. The summed E-state index contributed by atoms with van der Waals surface area (Å²) in [6.45, 7) is 10.4.